The number of benzene rings is 1. The summed E-state index contributed by atoms with van der Waals surface area (Å²) in [5, 5.41) is 2.67. The molecule has 0 unspecified atom stereocenters. The number of aryl methyl sites for hydroxylation is 1. The number of amides is 3. The Bertz CT molecular complexity index is 583. The van der Waals surface area contributed by atoms with Crippen molar-refractivity contribution in [3.05, 3.63) is 35.9 Å². The molecule has 0 aromatic heterocycles. The first-order chi connectivity index (χ1) is 12.1. The Morgan fingerprint density at radius 3 is 2.32 bits per heavy atom. The standard InChI is InChI=1S/C18H25N3O4/c1-2-25-18(24)21-12-10-20(11-13-21)17(23)14-19-16(22)9-8-15-6-4-3-5-7-15/h3-7H,2,8-14H2,1H3,(H,19,22). The van der Waals surface area contributed by atoms with E-state index in [0.29, 0.717) is 45.6 Å². The highest BCUT2D eigenvalue weighted by molar-refractivity contribution is 5.85. The second kappa shape index (κ2) is 9.66. The van der Waals surface area contributed by atoms with Crippen molar-refractivity contribution in [2.45, 2.75) is 19.8 Å². The van der Waals surface area contributed by atoms with Crippen molar-refractivity contribution in [3.8, 4) is 0 Å². The summed E-state index contributed by atoms with van der Waals surface area (Å²) >= 11 is 0. The van der Waals surface area contributed by atoms with Gasteiger partial charge in [-0.1, -0.05) is 30.3 Å². The van der Waals surface area contributed by atoms with Crippen LogP contribution in [0.3, 0.4) is 0 Å². The van der Waals surface area contributed by atoms with Crippen molar-refractivity contribution in [2.24, 2.45) is 0 Å². The van der Waals surface area contributed by atoms with Crippen LogP contribution in [0.2, 0.25) is 0 Å². The highest BCUT2D eigenvalue weighted by Crippen LogP contribution is 2.05. The lowest BCUT2D eigenvalue weighted by Crippen LogP contribution is -2.52. The van der Waals surface area contributed by atoms with E-state index in [1.807, 2.05) is 30.3 Å². The molecular formula is C18H25N3O4. The Morgan fingerprint density at radius 2 is 1.68 bits per heavy atom. The normalized spacial score (nSPS) is 14.1. The van der Waals surface area contributed by atoms with E-state index in [1.165, 1.54) is 0 Å². The number of ether oxygens (including phenoxy) is 1. The summed E-state index contributed by atoms with van der Waals surface area (Å²) in [5.41, 5.74) is 1.10. The Kier molecular flexibility index (Phi) is 7.25. The first kappa shape index (κ1) is 18.8. The number of carbonyl (C=O) groups excluding carboxylic acids is 3. The van der Waals surface area contributed by atoms with Crippen LogP contribution in [-0.4, -0.2) is 67.0 Å². The van der Waals surface area contributed by atoms with Gasteiger partial charge >= 0.3 is 6.09 Å². The Hall–Kier alpha value is -2.57. The van der Waals surface area contributed by atoms with E-state index in [0.717, 1.165) is 5.56 Å². The molecule has 1 heterocycles. The second-order valence-electron chi connectivity index (χ2n) is 5.83. The molecule has 0 saturated carbocycles. The third-order valence-corrected chi connectivity index (χ3v) is 4.08. The van der Waals surface area contributed by atoms with E-state index in [-0.39, 0.29) is 24.5 Å². The molecule has 1 saturated heterocycles. The smallest absolute Gasteiger partial charge is 0.409 e. The molecule has 1 aromatic rings. The molecule has 3 amide bonds. The molecule has 0 spiro atoms. The number of nitrogens with one attached hydrogen (secondary N) is 1. The van der Waals surface area contributed by atoms with Gasteiger partial charge in [0.25, 0.3) is 0 Å². The minimum Gasteiger partial charge on any atom is -0.450 e. The van der Waals surface area contributed by atoms with Crippen molar-refractivity contribution >= 4 is 17.9 Å². The molecule has 1 fully saturated rings. The fraction of sp³-hybridized carbons (Fsp3) is 0.500. The number of piperazine rings is 1. The molecular weight excluding hydrogens is 322 g/mol. The van der Waals surface area contributed by atoms with Crippen LogP contribution in [0, 0.1) is 0 Å². The van der Waals surface area contributed by atoms with Gasteiger partial charge in [-0.15, -0.1) is 0 Å². The molecule has 1 N–H and O–H groups in total. The third kappa shape index (κ3) is 6.10. The van der Waals surface area contributed by atoms with Crippen LogP contribution in [0.4, 0.5) is 4.79 Å². The summed E-state index contributed by atoms with van der Waals surface area (Å²) in [5.74, 6) is -0.265. The van der Waals surface area contributed by atoms with E-state index in [2.05, 4.69) is 5.32 Å². The lowest BCUT2D eigenvalue weighted by Gasteiger charge is -2.34. The molecule has 7 heteroatoms. The van der Waals surface area contributed by atoms with Crippen LogP contribution in [-0.2, 0) is 20.7 Å². The van der Waals surface area contributed by atoms with Crippen LogP contribution >= 0.6 is 0 Å². The van der Waals surface area contributed by atoms with E-state index in [1.54, 1.807) is 16.7 Å². The third-order valence-electron chi connectivity index (χ3n) is 4.08. The summed E-state index contributed by atoms with van der Waals surface area (Å²) in [6.07, 6.45) is 0.663. The predicted octanol–water partition coefficient (Wildman–Crippen LogP) is 1.04. The fourth-order valence-electron chi connectivity index (χ4n) is 2.63. The molecule has 0 aliphatic carbocycles. The molecule has 0 atom stereocenters. The summed E-state index contributed by atoms with van der Waals surface area (Å²) in [4.78, 5) is 38.9. The van der Waals surface area contributed by atoms with Crippen molar-refractivity contribution in [1.82, 2.24) is 15.1 Å². The van der Waals surface area contributed by atoms with Crippen LogP contribution in [0.15, 0.2) is 30.3 Å². The van der Waals surface area contributed by atoms with E-state index in [9.17, 15) is 14.4 Å². The van der Waals surface area contributed by atoms with E-state index in [4.69, 9.17) is 4.74 Å². The summed E-state index contributed by atoms with van der Waals surface area (Å²) in [6.45, 7) is 3.91. The number of nitrogens with zero attached hydrogens (tertiary/aromatic N) is 2. The first-order valence-electron chi connectivity index (χ1n) is 8.60. The zero-order chi connectivity index (χ0) is 18.1. The van der Waals surface area contributed by atoms with Gasteiger partial charge in [-0.25, -0.2) is 4.79 Å². The SMILES string of the molecule is CCOC(=O)N1CCN(C(=O)CNC(=O)CCc2ccccc2)CC1. The van der Waals surface area contributed by atoms with Crippen molar-refractivity contribution in [2.75, 3.05) is 39.3 Å². The minimum absolute atomic E-state index is 0.00692. The van der Waals surface area contributed by atoms with Gasteiger partial charge in [-0.05, 0) is 18.9 Å². The second-order valence-corrected chi connectivity index (χ2v) is 5.83. The average Bonchev–Trinajstić information content (AvgIpc) is 2.65. The predicted molar refractivity (Wildman–Crippen MR) is 92.9 cm³/mol. The van der Waals surface area contributed by atoms with Crippen LogP contribution in [0.25, 0.3) is 0 Å². The molecule has 0 radical (unpaired) electrons. The lowest BCUT2D eigenvalue weighted by atomic mass is 10.1. The number of hydrogen-bond donors (Lipinski definition) is 1. The number of carbonyl (C=O) groups is 3. The van der Waals surface area contributed by atoms with Gasteiger partial charge in [-0.3, -0.25) is 9.59 Å². The Morgan fingerprint density at radius 1 is 1.04 bits per heavy atom. The summed E-state index contributed by atoms with van der Waals surface area (Å²) in [7, 11) is 0. The van der Waals surface area contributed by atoms with Gasteiger partial charge in [-0.2, -0.15) is 0 Å². The molecule has 1 aliphatic heterocycles. The van der Waals surface area contributed by atoms with E-state index < -0.39 is 0 Å². The molecule has 1 aromatic carbocycles. The molecule has 7 nitrogen and oxygen atoms in total. The van der Waals surface area contributed by atoms with Gasteiger partial charge in [0.2, 0.25) is 11.8 Å². The zero-order valence-electron chi connectivity index (χ0n) is 14.6. The topological polar surface area (TPSA) is 79.0 Å². The molecule has 1 aliphatic rings. The van der Waals surface area contributed by atoms with Gasteiger partial charge in [0.1, 0.15) is 0 Å². The summed E-state index contributed by atoms with van der Waals surface area (Å²) in [6, 6.07) is 9.76. The Balaban J connectivity index is 1.65. The van der Waals surface area contributed by atoms with Crippen LogP contribution < -0.4 is 5.32 Å². The average molecular weight is 347 g/mol. The van der Waals surface area contributed by atoms with Gasteiger partial charge < -0.3 is 19.9 Å². The van der Waals surface area contributed by atoms with Gasteiger partial charge in [0, 0.05) is 32.6 Å². The monoisotopic (exact) mass is 347 g/mol. The highest BCUT2D eigenvalue weighted by atomic mass is 16.6. The van der Waals surface area contributed by atoms with Crippen molar-refractivity contribution in [3.63, 3.8) is 0 Å². The van der Waals surface area contributed by atoms with Crippen molar-refractivity contribution in [1.29, 1.82) is 0 Å². The quantitative estimate of drug-likeness (QED) is 0.834. The molecule has 0 bridgehead atoms. The van der Waals surface area contributed by atoms with Gasteiger partial charge in [0.05, 0.1) is 13.2 Å². The maximum atomic E-state index is 12.2. The molecule has 2 rings (SSSR count). The van der Waals surface area contributed by atoms with Crippen LogP contribution in [0.1, 0.15) is 18.9 Å². The maximum absolute atomic E-state index is 12.2. The number of hydrogen-bond acceptors (Lipinski definition) is 4. The first-order valence-corrected chi connectivity index (χ1v) is 8.60. The minimum atomic E-state index is -0.344. The highest BCUT2D eigenvalue weighted by Gasteiger charge is 2.24. The number of rotatable bonds is 6. The molecule has 136 valence electrons. The largest absolute Gasteiger partial charge is 0.450 e. The van der Waals surface area contributed by atoms with Gasteiger partial charge in [0.15, 0.2) is 0 Å². The van der Waals surface area contributed by atoms with E-state index >= 15 is 0 Å². The van der Waals surface area contributed by atoms with Crippen LogP contribution in [0.5, 0.6) is 0 Å². The lowest BCUT2D eigenvalue weighted by molar-refractivity contribution is -0.134. The fourth-order valence-corrected chi connectivity index (χ4v) is 2.63. The maximum Gasteiger partial charge on any atom is 0.409 e. The van der Waals surface area contributed by atoms with Crippen molar-refractivity contribution < 1.29 is 19.1 Å². The molecule has 25 heavy (non-hydrogen) atoms. The Labute approximate surface area is 147 Å². The summed E-state index contributed by atoms with van der Waals surface area (Å²) < 4.78 is 4.95. The zero-order valence-corrected chi connectivity index (χ0v) is 14.6.